The first-order valence-corrected chi connectivity index (χ1v) is 14.2. The third-order valence-corrected chi connectivity index (χ3v) is 9.05. The Balaban J connectivity index is 1.33. The van der Waals surface area contributed by atoms with E-state index in [9.17, 15) is 4.79 Å². The van der Waals surface area contributed by atoms with Gasteiger partial charge in [-0.05, 0) is 86.2 Å². The van der Waals surface area contributed by atoms with Crippen LogP contribution in [-0.4, -0.2) is 35.4 Å². The Morgan fingerprint density at radius 1 is 1.14 bits per heavy atom. The first-order chi connectivity index (χ1) is 16.9. The third-order valence-electron chi connectivity index (χ3n) is 8.01. The van der Waals surface area contributed by atoms with Crippen molar-refractivity contribution >= 4 is 27.5 Å². The number of nitrogens with zero attached hydrogens (tertiary/aromatic N) is 2. The molecule has 2 aliphatic rings. The quantitative estimate of drug-likeness (QED) is 0.414. The molecule has 0 radical (unpaired) electrons. The van der Waals surface area contributed by atoms with E-state index in [1.54, 1.807) is 0 Å². The van der Waals surface area contributed by atoms with Gasteiger partial charge in [-0.15, -0.1) is 11.3 Å². The largest absolute Gasteiger partial charge is 0.344 e. The van der Waals surface area contributed by atoms with Crippen molar-refractivity contribution in [3.8, 4) is 0 Å². The standard InChI is InChI=1S/C30H39N3OS/c1-30(2,3)24-12-13-25-22(19-24)18-23-20-27(35-29(23)32-25)28(34)31-26(21-10-6-4-7-11-21)14-17-33-15-8-5-9-16-33/h4,6-7,10-11,18,20,24,26H,5,8-9,12-17,19H2,1-3H3,(H,31,34)/t24-,26?/m0/s1. The van der Waals surface area contributed by atoms with Crippen LogP contribution < -0.4 is 5.32 Å². The Bertz CT molecular complexity index is 1160. The van der Waals surface area contributed by atoms with Gasteiger partial charge in [-0.25, -0.2) is 4.98 Å². The molecule has 3 aromatic rings. The zero-order chi connectivity index (χ0) is 24.4. The third kappa shape index (κ3) is 5.78. The van der Waals surface area contributed by atoms with Crippen molar-refractivity contribution in [2.75, 3.05) is 19.6 Å². The lowest BCUT2D eigenvalue weighted by Gasteiger charge is -2.34. The van der Waals surface area contributed by atoms with Crippen molar-refractivity contribution in [2.24, 2.45) is 11.3 Å². The zero-order valence-corrected chi connectivity index (χ0v) is 22.3. The Kier molecular flexibility index (Phi) is 7.26. The lowest BCUT2D eigenvalue weighted by Crippen LogP contribution is -2.35. The molecule has 1 fully saturated rings. The van der Waals surface area contributed by atoms with E-state index in [0.717, 1.165) is 40.9 Å². The molecule has 1 aliphatic carbocycles. The minimum absolute atomic E-state index is 0.0181. The average Bonchev–Trinajstić information content (AvgIpc) is 3.28. The fraction of sp³-hybridized carbons (Fsp3) is 0.533. The molecule has 0 spiro atoms. The monoisotopic (exact) mass is 489 g/mol. The summed E-state index contributed by atoms with van der Waals surface area (Å²) in [5.74, 6) is 0.702. The van der Waals surface area contributed by atoms with Crippen LogP contribution in [0.4, 0.5) is 0 Å². The number of likely N-dealkylation sites (tertiary alicyclic amines) is 1. The summed E-state index contributed by atoms with van der Waals surface area (Å²) in [4.78, 5) is 22.7. The topological polar surface area (TPSA) is 45.2 Å². The number of piperidine rings is 1. The molecule has 4 nitrogen and oxygen atoms in total. The summed E-state index contributed by atoms with van der Waals surface area (Å²) in [5, 5.41) is 4.47. The van der Waals surface area contributed by atoms with E-state index in [1.165, 1.54) is 66.9 Å². The molecular weight excluding hydrogens is 450 g/mol. The van der Waals surface area contributed by atoms with E-state index in [0.29, 0.717) is 11.3 Å². The maximum atomic E-state index is 13.4. The minimum atomic E-state index is 0.0181. The maximum absolute atomic E-state index is 13.4. The van der Waals surface area contributed by atoms with E-state index in [2.05, 4.69) is 67.4 Å². The van der Waals surface area contributed by atoms with E-state index in [1.807, 2.05) is 6.07 Å². The van der Waals surface area contributed by atoms with Crippen molar-refractivity contribution in [2.45, 2.75) is 71.8 Å². The van der Waals surface area contributed by atoms with Gasteiger partial charge in [0.1, 0.15) is 4.83 Å². The summed E-state index contributed by atoms with van der Waals surface area (Å²) in [6.07, 6.45) is 8.18. The van der Waals surface area contributed by atoms with Crippen LogP contribution in [0.2, 0.25) is 0 Å². The number of rotatable bonds is 6. The number of aryl methyl sites for hydroxylation is 1. The first-order valence-electron chi connectivity index (χ1n) is 13.4. The summed E-state index contributed by atoms with van der Waals surface area (Å²) >= 11 is 1.53. The number of carbonyl (C=O) groups is 1. The second-order valence-corrected chi connectivity index (χ2v) is 12.6. The lowest BCUT2D eigenvalue weighted by atomic mass is 9.71. The number of nitrogens with one attached hydrogen (secondary N) is 1. The molecule has 1 saturated heterocycles. The Labute approximate surface area is 214 Å². The molecule has 1 amide bonds. The highest BCUT2D eigenvalue weighted by Gasteiger charge is 2.30. The zero-order valence-electron chi connectivity index (χ0n) is 21.5. The molecule has 35 heavy (non-hydrogen) atoms. The summed E-state index contributed by atoms with van der Waals surface area (Å²) in [6, 6.07) is 14.8. The number of benzene rings is 1. The van der Waals surface area contributed by atoms with Crippen LogP contribution in [0.15, 0.2) is 42.5 Å². The van der Waals surface area contributed by atoms with Crippen molar-refractivity contribution in [1.82, 2.24) is 15.2 Å². The van der Waals surface area contributed by atoms with E-state index < -0.39 is 0 Å². The predicted molar refractivity (Wildman–Crippen MR) is 146 cm³/mol. The van der Waals surface area contributed by atoms with Crippen LogP contribution in [0, 0.1) is 11.3 Å². The minimum Gasteiger partial charge on any atom is -0.344 e. The van der Waals surface area contributed by atoms with E-state index in [4.69, 9.17) is 4.98 Å². The summed E-state index contributed by atoms with van der Waals surface area (Å²) in [5.41, 5.74) is 4.10. The highest BCUT2D eigenvalue weighted by Crippen LogP contribution is 2.38. The molecule has 2 atom stereocenters. The molecule has 0 saturated carbocycles. The van der Waals surface area contributed by atoms with Crippen LogP contribution in [0.3, 0.4) is 0 Å². The number of fused-ring (bicyclic) bond motifs is 2. The SMILES string of the molecule is CC(C)(C)[C@H]1CCc2nc3sc(C(=O)NC(CCN4CCCCC4)c4ccccc4)cc3cc2C1. The number of hydrogen-bond acceptors (Lipinski definition) is 4. The van der Waals surface area contributed by atoms with Gasteiger partial charge < -0.3 is 10.2 Å². The molecule has 0 bridgehead atoms. The second kappa shape index (κ2) is 10.4. The molecule has 1 aliphatic heterocycles. The summed E-state index contributed by atoms with van der Waals surface area (Å²) in [7, 11) is 0. The molecule has 1 N–H and O–H groups in total. The van der Waals surface area contributed by atoms with E-state index in [-0.39, 0.29) is 11.9 Å². The van der Waals surface area contributed by atoms with Gasteiger partial charge in [0.25, 0.3) is 5.91 Å². The molecule has 1 unspecified atom stereocenters. The Morgan fingerprint density at radius 3 is 2.66 bits per heavy atom. The fourth-order valence-corrected chi connectivity index (χ4v) is 6.64. The van der Waals surface area contributed by atoms with Crippen LogP contribution in [0.1, 0.15) is 85.4 Å². The van der Waals surface area contributed by atoms with Crippen molar-refractivity contribution in [3.63, 3.8) is 0 Å². The number of aromatic nitrogens is 1. The number of amides is 1. The lowest BCUT2D eigenvalue weighted by molar-refractivity contribution is 0.0934. The number of thiophene rings is 1. The maximum Gasteiger partial charge on any atom is 0.261 e. The molecule has 5 heteroatoms. The van der Waals surface area contributed by atoms with Crippen LogP contribution in [0.5, 0.6) is 0 Å². The molecule has 1 aromatic carbocycles. The van der Waals surface area contributed by atoms with Crippen molar-refractivity contribution in [1.29, 1.82) is 0 Å². The van der Waals surface area contributed by atoms with E-state index >= 15 is 0 Å². The molecule has 186 valence electrons. The van der Waals surface area contributed by atoms with Gasteiger partial charge in [0, 0.05) is 17.6 Å². The highest BCUT2D eigenvalue weighted by atomic mass is 32.1. The van der Waals surface area contributed by atoms with Gasteiger partial charge in [-0.1, -0.05) is 57.5 Å². The summed E-state index contributed by atoms with van der Waals surface area (Å²) < 4.78 is 0. The second-order valence-electron chi connectivity index (χ2n) is 11.5. The first kappa shape index (κ1) is 24.5. The van der Waals surface area contributed by atoms with Crippen LogP contribution in [-0.2, 0) is 12.8 Å². The summed E-state index contributed by atoms with van der Waals surface area (Å²) in [6.45, 7) is 10.4. The normalized spacial score (nSPS) is 19.9. The Morgan fingerprint density at radius 2 is 1.91 bits per heavy atom. The van der Waals surface area contributed by atoms with Gasteiger partial charge in [-0.3, -0.25) is 4.79 Å². The smallest absolute Gasteiger partial charge is 0.261 e. The van der Waals surface area contributed by atoms with Gasteiger partial charge >= 0.3 is 0 Å². The predicted octanol–water partition coefficient (Wildman–Crippen LogP) is 6.79. The van der Waals surface area contributed by atoms with Gasteiger partial charge in [-0.2, -0.15) is 0 Å². The number of hydrogen-bond donors (Lipinski definition) is 1. The number of carbonyl (C=O) groups excluding carboxylic acids is 1. The highest BCUT2D eigenvalue weighted by molar-refractivity contribution is 7.20. The molecule has 3 heterocycles. The van der Waals surface area contributed by atoms with Crippen LogP contribution in [0.25, 0.3) is 10.2 Å². The Hall–Kier alpha value is -2.24. The molecular formula is C30H39N3OS. The number of pyridine rings is 1. The average molecular weight is 490 g/mol. The molecule has 2 aromatic heterocycles. The molecule has 5 rings (SSSR count). The van der Waals surface area contributed by atoms with Crippen molar-refractivity contribution < 1.29 is 4.79 Å². The van der Waals surface area contributed by atoms with Gasteiger partial charge in [0.05, 0.1) is 10.9 Å². The van der Waals surface area contributed by atoms with Crippen LogP contribution >= 0.6 is 11.3 Å². The fourth-order valence-electron chi connectivity index (χ4n) is 5.71. The van der Waals surface area contributed by atoms with Crippen molar-refractivity contribution in [3.05, 3.63) is 64.2 Å². The van der Waals surface area contributed by atoms with Gasteiger partial charge in [0.15, 0.2) is 0 Å². The van der Waals surface area contributed by atoms with Gasteiger partial charge in [0.2, 0.25) is 0 Å².